The smallest absolute Gasteiger partial charge is 0.262 e. The molecular formula is C20H22N4O4. The SMILES string of the molecule is CN1CCC(COc2ccc(-n3c(N)c4c(cc3=O)C(=O)NC4=O)cc2)CC1. The van der Waals surface area contributed by atoms with Gasteiger partial charge in [0.05, 0.1) is 23.4 Å². The summed E-state index contributed by atoms with van der Waals surface area (Å²) in [6.45, 7) is 2.84. The third-order valence-corrected chi connectivity index (χ3v) is 5.37. The minimum absolute atomic E-state index is 0.0156. The van der Waals surface area contributed by atoms with E-state index in [0.29, 0.717) is 24.0 Å². The van der Waals surface area contributed by atoms with Crippen LogP contribution in [0.5, 0.6) is 5.75 Å². The second-order valence-corrected chi connectivity index (χ2v) is 7.33. The summed E-state index contributed by atoms with van der Waals surface area (Å²) in [4.78, 5) is 38.5. The Kier molecular flexibility index (Phi) is 4.64. The second-order valence-electron chi connectivity index (χ2n) is 7.33. The molecule has 4 rings (SSSR count). The molecule has 1 fully saturated rings. The Morgan fingerprint density at radius 3 is 2.46 bits per heavy atom. The van der Waals surface area contributed by atoms with Crippen molar-refractivity contribution in [1.29, 1.82) is 0 Å². The van der Waals surface area contributed by atoms with Crippen LogP contribution >= 0.6 is 0 Å². The van der Waals surface area contributed by atoms with Crippen LogP contribution in [0.2, 0.25) is 0 Å². The molecule has 0 saturated carbocycles. The first-order valence-electron chi connectivity index (χ1n) is 9.27. The molecule has 3 N–H and O–H groups in total. The van der Waals surface area contributed by atoms with E-state index in [0.717, 1.165) is 32.0 Å². The van der Waals surface area contributed by atoms with Crippen LogP contribution in [0.1, 0.15) is 33.6 Å². The summed E-state index contributed by atoms with van der Waals surface area (Å²) in [5, 5.41) is 2.16. The van der Waals surface area contributed by atoms with Gasteiger partial charge in [-0.25, -0.2) is 0 Å². The zero-order valence-corrected chi connectivity index (χ0v) is 15.6. The van der Waals surface area contributed by atoms with Gasteiger partial charge in [0.1, 0.15) is 11.6 Å². The Bertz CT molecular complexity index is 989. The summed E-state index contributed by atoms with van der Waals surface area (Å²) < 4.78 is 7.11. The molecule has 0 radical (unpaired) electrons. The van der Waals surface area contributed by atoms with Gasteiger partial charge in [-0.3, -0.25) is 24.3 Å². The van der Waals surface area contributed by atoms with Crippen molar-refractivity contribution in [3.8, 4) is 11.4 Å². The molecule has 2 amide bonds. The van der Waals surface area contributed by atoms with Crippen molar-refractivity contribution in [3.05, 3.63) is 51.8 Å². The number of nitrogens with zero attached hydrogens (tertiary/aromatic N) is 2. The van der Waals surface area contributed by atoms with Crippen LogP contribution in [0.15, 0.2) is 35.1 Å². The summed E-state index contributed by atoms with van der Waals surface area (Å²) >= 11 is 0. The van der Waals surface area contributed by atoms with E-state index in [1.165, 1.54) is 4.57 Å². The van der Waals surface area contributed by atoms with Gasteiger partial charge in [-0.1, -0.05) is 0 Å². The highest BCUT2D eigenvalue weighted by Crippen LogP contribution is 2.24. The number of carbonyl (C=O) groups is 2. The maximum atomic E-state index is 12.5. The molecule has 0 unspecified atom stereocenters. The van der Waals surface area contributed by atoms with Crippen LogP contribution in [0, 0.1) is 5.92 Å². The van der Waals surface area contributed by atoms with Gasteiger partial charge in [-0.15, -0.1) is 0 Å². The molecular weight excluding hydrogens is 360 g/mol. The van der Waals surface area contributed by atoms with E-state index >= 15 is 0 Å². The van der Waals surface area contributed by atoms with Gasteiger partial charge >= 0.3 is 0 Å². The molecule has 2 aromatic rings. The number of nitrogens with one attached hydrogen (secondary N) is 1. The molecule has 2 aliphatic rings. The number of piperidine rings is 1. The number of likely N-dealkylation sites (tertiary alicyclic amines) is 1. The molecule has 1 aromatic heterocycles. The highest BCUT2D eigenvalue weighted by molar-refractivity contribution is 6.23. The first-order chi connectivity index (χ1) is 13.4. The van der Waals surface area contributed by atoms with E-state index in [1.54, 1.807) is 24.3 Å². The number of imide groups is 1. The molecule has 2 aliphatic heterocycles. The number of nitrogens with two attached hydrogens (primary N) is 1. The van der Waals surface area contributed by atoms with Gasteiger partial charge < -0.3 is 15.4 Å². The molecule has 0 bridgehead atoms. The molecule has 28 heavy (non-hydrogen) atoms. The average molecular weight is 382 g/mol. The van der Waals surface area contributed by atoms with Crippen molar-refractivity contribution in [2.24, 2.45) is 5.92 Å². The molecule has 0 atom stereocenters. The van der Waals surface area contributed by atoms with Gasteiger partial charge in [0, 0.05) is 6.07 Å². The monoisotopic (exact) mass is 382 g/mol. The molecule has 1 aromatic carbocycles. The molecule has 0 spiro atoms. The Morgan fingerprint density at radius 1 is 1.11 bits per heavy atom. The Labute approximate surface area is 161 Å². The van der Waals surface area contributed by atoms with Crippen molar-refractivity contribution < 1.29 is 14.3 Å². The van der Waals surface area contributed by atoms with E-state index in [1.807, 2.05) is 0 Å². The molecule has 8 nitrogen and oxygen atoms in total. The predicted octanol–water partition coefficient (Wildman–Crippen LogP) is 1.02. The average Bonchev–Trinajstić information content (AvgIpc) is 2.96. The Hall–Kier alpha value is -3.13. The van der Waals surface area contributed by atoms with Crippen LogP contribution in [-0.2, 0) is 0 Å². The van der Waals surface area contributed by atoms with Crippen LogP contribution in [0.3, 0.4) is 0 Å². The van der Waals surface area contributed by atoms with E-state index in [2.05, 4.69) is 17.3 Å². The zero-order valence-electron chi connectivity index (χ0n) is 15.6. The van der Waals surface area contributed by atoms with Crippen LogP contribution < -0.4 is 21.3 Å². The van der Waals surface area contributed by atoms with E-state index in [-0.39, 0.29) is 16.9 Å². The highest BCUT2D eigenvalue weighted by atomic mass is 16.5. The number of carbonyl (C=O) groups excluding carboxylic acids is 2. The number of nitrogen functional groups attached to an aromatic ring is 1. The minimum atomic E-state index is -0.603. The van der Waals surface area contributed by atoms with E-state index in [4.69, 9.17) is 10.5 Å². The fraction of sp³-hybridized carbons (Fsp3) is 0.350. The van der Waals surface area contributed by atoms with Crippen LogP contribution in [0.25, 0.3) is 5.69 Å². The van der Waals surface area contributed by atoms with Crippen LogP contribution in [-0.4, -0.2) is 48.0 Å². The van der Waals surface area contributed by atoms with Gasteiger partial charge in [-0.05, 0) is 63.2 Å². The Balaban J connectivity index is 1.53. The van der Waals surface area contributed by atoms with Crippen molar-refractivity contribution in [3.63, 3.8) is 0 Å². The third kappa shape index (κ3) is 3.27. The quantitative estimate of drug-likeness (QED) is 0.765. The minimum Gasteiger partial charge on any atom is -0.493 e. The number of hydrogen-bond acceptors (Lipinski definition) is 6. The molecule has 3 heterocycles. The lowest BCUT2D eigenvalue weighted by Gasteiger charge is -2.28. The zero-order chi connectivity index (χ0) is 19.8. The lowest BCUT2D eigenvalue weighted by atomic mass is 9.98. The number of benzene rings is 1. The standard InChI is InChI=1S/C20H22N4O4/c1-23-8-6-12(7-9-23)11-28-14-4-2-13(3-5-14)24-16(25)10-15-17(18(24)21)20(27)22-19(15)26/h2-5,10,12H,6-9,11,21H2,1H3,(H,22,26,27). The Morgan fingerprint density at radius 2 is 1.79 bits per heavy atom. The fourth-order valence-corrected chi connectivity index (χ4v) is 3.68. The number of rotatable bonds is 4. The number of amides is 2. The predicted molar refractivity (Wildman–Crippen MR) is 104 cm³/mol. The summed E-state index contributed by atoms with van der Waals surface area (Å²) in [5.41, 5.74) is 6.12. The normalized spacial score (nSPS) is 17.5. The number of ether oxygens (including phenoxy) is 1. The molecule has 146 valence electrons. The van der Waals surface area contributed by atoms with Crippen molar-refractivity contribution in [2.75, 3.05) is 32.5 Å². The second kappa shape index (κ2) is 7.12. The number of fused-ring (bicyclic) bond motifs is 1. The lowest BCUT2D eigenvalue weighted by molar-refractivity contribution is 0.0880. The highest BCUT2D eigenvalue weighted by Gasteiger charge is 2.31. The maximum Gasteiger partial charge on any atom is 0.262 e. The maximum absolute atomic E-state index is 12.5. The first-order valence-corrected chi connectivity index (χ1v) is 9.27. The van der Waals surface area contributed by atoms with Gasteiger partial charge in [0.2, 0.25) is 0 Å². The lowest BCUT2D eigenvalue weighted by Crippen LogP contribution is -2.32. The molecule has 0 aliphatic carbocycles. The van der Waals surface area contributed by atoms with Crippen LogP contribution in [0.4, 0.5) is 5.82 Å². The topological polar surface area (TPSA) is 107 Å². The molecule has 1 saturated heterocycles. The van der Waals surface area contributed by atoms with Crippen molar-refractivity contribution in [1.82, 2.24) is 14.8 Å². The summed E-state index contributed by atoms with van der Waals surface area (Å²) in [5.74, 6) is 0.00839. The van der Waals surface area contributed by atoms with Gasteiger partial charge in [-0.2, -0.15) is 0 Å². The number of hydrogen-bond donors (Lipinski definition) is 2. The summed E-state index contributed by atoms with van der Waals surface area (Å²) in [7, 11) is 2.13. The largest absolute Gasteiger partial charge is 0.493 e. The summed E-state index contributed by atoms with van der Waals surface area (Å²) in [6, 6.07) is 8.10. The number of aromatic nitrogens is 1. The summed E-state index contributed by atoms with van der Waals surface area (Å²) in [6.07, 6.45) is 2.24. The molecule has 8 heteroatoms. The van der Waals surface area contributed by atoms with Crippen molar-refractivity contribution in [2.45, 2.75) is 12.8 Å². The third-order valence-electron chi connectivity index (χ3n) is 5.37. The van der Waals surface area contributed by atoms with E-state index in [9.17, 15) is 14.4 Å². The first kappa shape index (κ1) is 18.2. The number of anilines is 1. The van der Waals surface area contributed by atoms with Crippen molar-refractivity contribution >= 4 is 17.6 Å². The van der Waals surface area contributed by atoms with E-state index < -0.39 is 17.4 Å². The van der Waals surface area contributed by atoms with Gasteiger partial charge in [0.15, 0.2) is 0 Å². The van der Waals surface area contributed by atoms with Gasteiger partial charge in [0.25, 0.3) is 17.4 Å². The fourth-order valence-electron chi connectivity index (χ4n) is 3.68. The number of pyridine rings is 1.